The molecule has 27 heavy (non-hydrogen) atoms. The maximum atomic E-state index is 11.8. The lowest BCUT2D eigenvalue weighted by molar-refractivity contribution is -0.142. The van der Waals surface area contributed by atoms with Crippen LogP contribution in [0.3, 0.4) is 0 Å². The fourth-order valence-electron chi connectivity index (χ4n) is 2.43. The number of halogens is 1. The van der Waals surface area contributed by atoms with E-state index in [0.29, 0.717) is 10.7 Å². The van der Waals surface area contributed by atoms with Crippen LogP contribution >= 0.6 is 11.6 Å². The highest BCUT2D eigenvalue weighted by molar-refractivity contribution is 6.30. The van der Waals surface area contributed by atoms with Gasteiger partial charge in [-0.3, -0.25) is 4.79 Å². The number of ketones is 1. The first kappa shape index (κ1) is 18.6. The summed E-state index contributed by atoms with van der Waals surface area (Å²) in [7, 11) is 0. The Labute approximate surface area is 161 Å². The summed E-state index contributed by atoms with van der Waals surface area (Å²) in [5, 5.41) is 5.28. The van der Waals surface area contributed by atoms with Crippen LogP contribution in [0.4, 0.5) is 0 Å². The summed E-state index contributed by atoms with van der Waals surface area (Å²) in [5.41, 5.74) is 3.20. The third-order valence-electron chi connectivity index (χ3n) is 3.70. The van der Waals surface area contributed by atoms with E-state index in [1.54, 1.807) is 22.9 Å². The van der Waals surface area contributed by atoms with E-state index in [1.165, 1.54) is 13.0 Å². The van der Waals surface area contributed by atoms with E-state index in [-0.39, 0.29) is 12.4 Å². The lowest BCUT2D eigenvalue weighted by Crippen LogP contribution is -2.08. The number of benzene rings is 2. The molecule has 0 unspecified atom stereocenters. The second-order valence-electron chi connectivity index (χ2n) is 5.86. The van der Waals surface area contributed by atoms with Gasteiger partial charge in [-0.2, -0.15) is 5.10 Å². The molecule has 0 N–H and O–H groups in total. The highest BCUT2D eigenvalue weighted by Gasteiger charge is 2.11. The first-order chi connectivity index (χ1) is 13.0. The quantitative estimate of drug-likeness (QED) is 0.471. The number of hydrogen-bond acceptors (Lipinski definition) is 4. The molecule has 0 fully saturated rings. The zero-order chi connectivity index (χ0) is 19.2. The number of esters is 1. The highest BCUT2D eigenvalue weighted by atomic mass is 35.5. The number of rotatable bonds is 6. The number of carbonyl (C=O) groups excluding carboxylic acids is 2. The van der Waals surface area contributed by atoms with Gasteiger partial charge in [0, 0.05) is 28.4 Å². The van der Waals surface area contributed by atoms with Crippen molar-refractivity contribution in [2.24, 2.45) is 0 Å². The zero-order valence-corrected chi connectivity index (χ0v) is 15.4. The highest BCUT2D eigenvalue weighted by Crippen LogP contribution is 2.26. The molecular formula is C21H17ClN2O3. The molecule has 0 aliphatic carbocycles. The fourth-order valence-corrected chi connectivity index (χ4v) is 2.56. The number of nitrogens with zero attached hydrogens (tertiary/aromatic N) is 2. The fraction of sp³-hybridized carbons (Fsp3) is 0.0952. The molecular weight excluding hydrogens is 364 g/mol. The molecule has 0 spiro atoms. The Balaban J connectivity index is 1.95. The molecule has 0 aliphatic rings. The van der Waals surface area contributed by atoms with Crippen molar-refractivity contribution < 1.29 is 14.3 Å². The van der Waals surface area contributed by atoms with Crippen molar-refractivity contribution in [1.82, 2.24) is 9.78 Å². The molecule has 0 radical (unpaired) electrons. The topological polar surface area (TPSA) is 61.2 Å². The number of ether oxygens (including phenoxy) is 1. The van der Waals surface area contributed by atoms with Crippen LogP contribution in [0, 0.1) is 0 Å². The maximum absolute atomic E-state index is 11.8. The standard InChI is InChI=1S/C21H17ClN2O3/c1-15(25)14-27-20(26)12-9-17-13-24(19-5-3-2-4-6-19)23-21(17)16-7-10-18(22)11-8-16/h2-13H,14H2,1H3/b12-9+. The third kappa shape index (κ3) is 4.92. The molecule has 136 valence electrons. The van der Waals surface area contributed by atoms with Crippen molar-refractivity contribution in [1.29, 1.82) is 0 Å². The van der Waals surface area contributed by atoms with Gasteiger partial charge in [-0.25, -0.2) is 9.48 Å². The molecule has 0 atom stereocenters. The van der Waals surface area contributed by atoms with Crippen LogP contribution in [0.25, 0.3) is 23.0 Å². The summed E-state index contributed by atoms with van der Waals surface area (Å²) in [4.78, 5) is 22.7. The van der Waals surface area contributed by atoms with Crippen LogP contribution in [-0.4, -0.2) is 28.1 Å². The smallest absolute Gasteiger partial charge is 0.331 e. The zero-order valence-electron chi connectivity index (χ0n) is 14.6. The molecule has 0 bridgehead atoms. The Kier molecular flexibility index (Phi) is 5.84. The Morgan fingerprint density at radius 2 is 1.81 bits per heavy atom. The lowest BCUT2D eigenvalue weighted by Gasteiger charge is -2.01. The molecule has 1 heterocycles. The number of para-hydroxylation sites is 1. The average molecular weight is 381 g/mol. The van der Waals surface area contributed by atoms with Crippen molar-refractivity contribution in [3.8, 4) is 16.9 Å². The van der Waals surface area contributed by atoms with Crippen LogP contribution in [0.5, 0.6) is 0 Å². The largest absolute Gasteiger partial charge is 0.455 e. The van der Waals surface area contributed by atoms with Gasteiger partial charge in [-0.1, -0.05) is 41.9 Å². The Morgan fingerprint density at radius 1 is 1.11 bits per heavy atom. The minimum atomic E-state index is -0.584. The van der Waals surface area contributed by atoms with Gasteiger partial charge in [-0.05, 0) is 37.3 Å². The minimum Gasteiger partial charge on any atom is -0.455 e. The van der Waals surface area contributed by atoms with Gasteiger partial charge in [0.25, 0.3) is 0 Å². The summed E-state index contributed by atoms with van der Waals surface area (Å²) in [6, 6.07) is 17.0. The molecule has 2 aromatic carbocycles. The van der Waals surface area contributed by atoms with Gasteiger partial charge in [0.05, 0.1) is 11.4 Å². The van der Waals surface area contributed by atoms with Gasteiger partial charge in [0.1, 0.15) is 6.61 Å². The van der Waals surface area contributed by atoms with E-state index in [0.717, 1.165) is 16.8 Å². The third-order valence-corrected chi connectivity index (χ3v) is 3.95. The van der Waals surface area contributed by atoms with Crippen molar-refractivity contribution in [2.45, 2.75) is 6.92 Å². The Morgan fingerprint density at radius 3 is 2.48 bits per heavy atom. The molecule has 3 aromatic rings. The second kappa shape index (κ2) is 8.47. The van der Waals surface area contributed by atoms with Crippen LogP contribution in [0.2, 0.25) is 5.02 Å². The summed E-state index contributed by atoms with van der Waals surface area (Å²) in [5.74, 6) is -0.796. The predicted molar refractivity (Wildman–Crippen MR) is 105 cm³/mol. The van der Waals surface area contributed by atoms with E-state index < -0.39 is 5.97 Å². The van der Waals surface area contributed by atoms with Crippen molar-refractivity contribution in [3.63, 3.8) is 0 Å². The summed E-state index contributed by atoms with van der Waals surface area (Å²) >= 11 is 5.97. The number of hydrogen-bond donors (Lipinski definition) is 0. The van der Waals surface area contributed by atoms with E-state index >= 15 is 0 Å². The first-order valence-electron chi connectivity index (χ1n) is 8.28. The van der Waals surface area contributed by atoms with Gasteiger partial charge < -0.3 is 4.74 Å². The van der Waals surface area contributed by atoms with E-state index in [1.807, 2.05) is 48.7 Å². The molecule has 1 aromatic heterocycles. The molecule has 3 rings (SSSR count). The molecule has 0 saturated heterocycles. The Bertz CT molecular complexity index is 976. The van der Waals surface area contributed by atoms with Crippen LogP contribution in [0.15, 0.2) is 66.9 Å². The monoisotopic (exact) mass is 380 g/mol. The molecule has 5 nitrogen and oxygen atoms in total. The summed E-state index contributed by atoms with van der Waals surface area (Å²) < 4.78 is 6.60. The number of Topliss-reactive ketones (excluding diaryl/α,β-unsaturated/α-hetero) is 1. The molecule has 0 amide bonds. The maximum Gasteiger partial charge on any atom is 0.331 e. The van der Waals surface area contributed by atoms with Gasteiger partial charge in [-0.15, -0.1) is 0 Å². The van der Waals surface area contributed by atoms with E-state index in [2.05, 4.69) is 5.10 Å². The van der Waals surface area contributed by atoms with Gasteiger partial charge in [0.15, 0.2) is 5.78 Å². The van der Waals surface area contributed by atoms with Crippen LogP contribution in [0.1, 0.15) is 12.5 Å². The first-order valence-corrected chi connectivity index (χ1v) is 8.66. The van der Waals surface area contributed by atoms with E-state index in [9.17, 15) is 9.59 Å². The SMILES string of the molecule is CC(=O)COC(=O)/C=C/c1cn(-c2ccccc2)nc1-c1ccc(Cl)cc1. The predicted octanol–water partition coefficient (Wildman–Crippen LogP) is 4.34. The van der Waals surface area contributed by atoms with Crippen LogP contribution in [-0.2, 0) is 14.3 Å². The second-order valence-corrected chi connectivity index (χ2v) is 6.30. The normalized spacial score (nSPS) is 10.9. The lowest BCUT2D eigenvalue weighted by atomic mass is 10.1. The number of carbonyl (C=O) groups is 2. The molecule has 6 heteroatoms. The van der Waals surface area contributed by atoms with Crippen LogP contribution < -0.4 is 0 Å². The molecule has 0 saturated carbocycles. The van der Waals surface area contributed by atoms with E-state index in [4.69, 9.17) is 16.3 Å². The molecule has 0 aliphatic heterocycles. The summed E-state index contributed by atoms with van der Waals surface area (Å²) in [6.45, 7) is 1.12. The minimum absolute atomic E-state index is 0.212. The van der Waals surface area contributed by atoms with Gasteiger partial charge in [0.2, 0.25) is 0 Å². The Hall–Kier alpha value is -3.18. The van der Waals surface area contributed by atoms with Crippen molar-refractivity contribution in [2.75, 3.05) is 6.61 Å². The van der Waals surface area contributed by atoms with Crippen molar-refractivity contribution >= 4 is 29.4 Å². The summed E-state index contributed by atoms with van der Waals surface area (Å²) in [6.07, 6.45) is 4.74. The average Bonchev–Trinajstić information content (AvgIpc) is 3.10. The van der Waals surface area contributed by atoms with Gasteiger partial charge >= 0.3 is 5.97 Å². The van der Waals surface area contributed by atoms with Crippen molar-refractivity contribution in [3.05, 3.63) is 77.5 Å². The number of aromatic nitrogens is 2.